The Bertz CT molecular complexity index is 1180. The lowest BCUT2D eigenvalue weighted by atomic mass is 9.98. The quantitative estimate of drug-likeness (QED) is 0.466. The number of thiocarbonyl (C=S) groups is 1. The predicted molar refractivity (Wildman–Crippen MR) is 120 cm³/mol. The van der Waals surface area contributed by atoms with Crippen molar-refractivity contribution in [2.24, 2.45) is 0 Å². The van der Waals surface area contributed by atoms with E-state index in [4.69, 9.17) is 12.2 Å². The van der Waals surface area contributed by atoms with Crippen LogP contribution in [0.1, 0.15) is 23.3 Å². The lowest BCUT2D eigenvalue weighted by Crippen LogP contribution is -2.30. The third-order valence-corrected chi connectivity index (χ3v) is 5.64. The summed E-state index contributed by atoms with van der Waals surface area (Å²) in [5.74, 6) is -0.309. The molecule has 1 saturated heterocycles. The first-order valence-electron chi connectivity index (χ1n) is 9.71. The Morgan fingerprint density at radius 1 is 0.900 bits per heavy atom. The molecule has 0 spiro atoms. The van der Waals surface area contributed by atoms with Crippen molar-refractivity contribution < 1.29 is 4.39 Å². The van der Waals surface area contributed by atoms with E-state index in [2.05, 4.69) is 27.1 Å². The molecule has 0 radical (unpaired) electrons. The molecule has 148 valence electrons. The number of nitrogens with zero attached hydrogens (tertiary/aromatic N) is 3. The maximum Gasteiger partial charge on any atom is 0.174 e. The molecule has 0 saturated carbocycles. The van der Waals surface area contributed by atoms with Crippen molar-refractivity contribution in [3.05, 3.63) is 115 Å². The summed E-state index contributed by atoms with van der Waals surface area (Å²) in [5, 5.41) is 3.84. The lowest BCUT2D eigenvalue weighted by Gasteiger charge is -2.27. The van der Waals surface area contributed by atoms with Crippen LogP contribution in [0.2, 0.25) is 0 Å². The molecule has 1 aliphatic heterocycles. The number of benzene rings is 2. The van der Waals surface area contributed by atoms with Gasteiger partial charge in [0.2, 0.25) is 0 Å². The van der Waals surface area contributed by atoms with E-state index in [1.807, 2.05) is 65.7 Å². The second-order valence-corrected chi connectivity index (χ2v) is 7.52. The molecule has 0 unspecified atom stereocenters. The van der Waals surface area contributed by atoms with Crippen LogP contribution in [0, 0.1) is 5.82 Å². The molecule has 3 heterocycles. The van der Waals surface area contributed by atoms with Crippen LogP contribution < -0.4 is 10.2 Å². The van der Waals surface area contributed by atoms with Crippen LogP contribution >= 0.6 is 12.2 Å². The molecule has 0 bridgehead atoms. The normalized spacial score (nSPS) is 18.4. The first-order valence-corrected chi connectivity index (χ1v) is 10.1. The molecule has 6 heteroatoms. The fourth-order valence-corrected chi connectivity index (χ4v) is 4.29. The van der Waals surface area contributed by atoms with E-state index in [9.17, 15) is 4.39 Å². The van der Waals surface area contributed by atoms with Gasteiger partial charge in [-0.1, -0.05) is 36.4 Å². The summed E-state index contributed by atoms with van der Waals surface area (Å²) in [6.45, 7) is 0. The number of anilines is 1. The van der Waals surface area contributed by atoms with Gasteiger partial charge in [0.1, 0.15) is 5.82 Å². The minimum absolute atomic E-state index is 0.204. The molecule has 1 aliphatic rings. The average Bonchev–Trinajstić information content (AvgIpc) is 3.40. The van der Waals surface area contributed by atoms with Crippen LogP contribution in [0.3, 0.4) is 0 Å². The number of hydrogen-bond donors (Lipinski definition) is 1. The van der Waals surface area contributed by atoms with Crippen LogP contribution in [-0.4, -0.2) is 14.7 Å². The van der Waals surface area contributed by atoms with E-state index in [0.717, 1.165) is 16.9 Å². The summed E-state index contributed by atoms with van der Waals surface area (Å²) >= 11 is 5.65. The van der Waals surface area contributed by atoms with Crippen LogP contribution in [-0.2, 0) is 0 Å². The highest BCUT2D eigenvalue weighted by Gasteiger charge is 2.41. The highest BCUT2D eigenvalue weighted by Crippen LogP contribution is 2.42. The zero-order valence-corrected chi connectivity index (χ0v) is 16.8. The van der Waals surface area contributed by atoms with Crippen LogP contribution in [0.25, 0.3) is 5.69 Å². The summed E-state index contributed by atoms with van der Waals surface area (Å²) in [4.78, 5) is 6.39. The van der Waals surface area contributed by atoms with Crippen LogP contribution in [0.5, 0.6) is 0 Å². The number of nitrogens with one attached hydrogen (secondary N) is 1. The van der Waals surface area contributed by atoms with Crippen molar-refractivity contribution in [2.45, 2.75) is 12.1 Å². The highest BCUT2D eigenvalue weighted by molar-refractivity contribution is 7.80. The van der Waals surface area contributed by atoms with Gasteiger partial charge in [-0.15, -0.1) is 0 Å². The van der Waals surface area contributed by atoms with E-state index >= 15 is 0 Å². The molecule has 2 aromatic heterocycles. The molecule has 0 amide bonds. The largest absolute Gasteiger partial charge is 0.351 e. The maximum atomic E-state index is 14.8. The van der Waals surface area contributed by atoms with Gasteiger partial charge in [0.25, 0.3) is 0 Å². The summed E-state index contributed by atoms with van der Waals surface area (Å²) in [6, 6.07) is 24.2. The molecule has 30 heavy (non-hydrogen) atoms. The Labute approximate surface area is 179 Å². The fourth-order valence-electron chi connectivity index (χ4n) is 3.95. The van der Waals surface area contributed by atoms with Crippen molar-refractivity contribution in [1.82, 2.24) is 14.9 Å². The van der Waals surface area contributed by atoms with Gasteiger partial charge in [0.05, 0.1) is 23.5 Å². The average molecular weight is 415 g/mol. The second-order valence-electron chi connectivity index (χ2n) is 7.14. The zero-order chi connectivity index (χ0) is 20.5. The van der Waals surface area contributed by atoms with Gasteiger partial charge in [0, 0.05) is 24.3 Å². The second kappa shape index (κ2) is 7.72. The van der Waals surface area contributed by atoms with E-state index < -0.39 is 0 Å². The fraction of sp³-hybridized carbons (Fsp3) is 0.0833. The number of halogens is 1. The molecule has 5 rings (SSSR count). The standard InChI is InChI=1S/C24H19FN4S/c25-19-10-4-5-12-21(19)29-23(22(27-24(29)30)20-11-6-7-14-26-20)17-13-15-28(16-17)18-8-2-1-3-9-18/h1-16,22-23H,(H,27,30)/t22-,23+/m0/s1. The number of rotatable bonds is 4. The van der Waals surface area contributed by atoms with Crippen molar-refractivity contribution in [2.75, 3.05) is 4.90 Å². The summed E-state index contributed by atoms with van der Waals surface area (Å²) in [7, 11) is 0. The Morgan fingerprint density at radius 3 is 2.43 bits per heavy atom. The molecule has 1 fully saturated rings. The Hall–Kier alpha value is -3.51. The van der Waals surface area contributed by atoms with E-state index in [1.54, 1.807) is 18.3 Å². The van der Waals surface area contributed by atoms with Crippen molar-refractivity contribution >= 4 is 23.0 Å². The molecule has 4 aromatic rings. The number of pyridine rings is 1. The number of para-hydroxylation sites is 2. The Morgan fingerprint density at radius 2 is 1.67 bits per heavy atom. The van der Waals surface area contributed by atoms with Crippen molar-refractivity contribution in [1.29, 1.82) is 0 Å². The van der Waals surface area contributed by atoms with Gasteiger partial charge in [-0.25, -0.2) is 4.39 Å². The molecule has 2 aromatic carbocycles. The van der Waals surface area contributed by atoms with E-state index in [0.29, 0.717) is 10.8 Å². The Balaban J connectivity index is 1.62. The van der Waals surface area contributed by atoms with Crippen molar-refractivity contribution in [3.63, 3.8) is 0 Å². The molecule has 0 aliphatic carbocycles. The molecular weight excluding hydrogens is 395 g/mol. The first kappa shape index (κ1) is 18.5. The predicted octanol–water partition coefficient (Wildman–Crippen LogP) is 5.19. The van der Waals surface area contributed by atoms with E-state index in [1.165, 1.54) is 6.07 Å². The van der Waals surface area contributed by atoms with E-state index in [-0.39, 0.29) is 17.9 Å². The smallest absolute Gasteiger partial charge is 0.174 e. The SMILES string of the molecule is Fc1ccccc1N1C(=S)N[C@@H](c2ccccn2)[C@H]1c1ccn(-c2ccccc2)c1. The summed E-state index contributed by atoms with van der Waals surface area (Å²) in [5.41, 5.74) is 3.39. The van der Waals surface area contributed by atoms with Gasteiger partial charge in [-0.05, 0) is 60.2 Å². The highest BCUT2D eigenvalue weighted by atomic mass is 32.1. The van der Waals surface area contributed by atoms with Crippen molar-refractivity contribution in [3.8, 4) is 5.69 Å². The molecule has 1 N–H and O–H groups in total. The first-order chi connectivity index (χ1) is 14.7. The maximum absolute atomic E-state index is 14.8. The van der Waals surface area contributed by atoms with Gasteiger partial charge in [-0.2, -0.15) is 0 Å². The molecular formula is C24H19FN4S. The van der Waals surface area contributed by atoms with Crippen LogP contribution in [0.4, 0.5) is 10.1 Å². The van der Waals surface area contributed by atoms with Gasteiger partial charge < -0.3 is 14.8 Å². The van der Waals surface area contributed by atoms with Gasteiger partial charge >= 0.3 is 0 Å². The summed E-state index contributed by atoms with van der Waals surface area (Å²) in [6.07, 6.45) is 5.85. The van der Waals surface area contributed by atoms with Crippen LogP contribution in [0.15, 0.2) is 97.5 Å². The van der Waals surface area contributed by atoms with Gasteiger partial charge in [-0.3, -0.25) is 4.98 Å². The number of aromatic nitrogens is 2. The zero-order valence-electron chi connectivity index (χ0n) is 16.0. The third kappa shape index (κ3) is 3.25. The number of hydrogen-bond acceptors (Lipinski definition) is 2. The summed E-state index contributed by atoms with van der Waals surface area (Å²) < 4.78 is 16.8. The monoisotopic (exact) mass is 414 g/mol. The van der Waals surface area contributed by atoms with Gasteiger partial charge in [0.15, 0.2) is 5.11 Å². The topological polar surface area (TPSA) is 33.1 Å². The minimum atomic E-state index is -0.309. The minimum Gasteiger partial charge on any atom is -0.351 e. The molecule has 4 nitrogen and oxygen atoms in total. The Kier molecular flexibility index (Phi) is 4.77. The molecule has 2 atom stereocenters. The third-order valence-electron chi connectivity index (χ3n) is 5.32. The lowest BCUT2D eigenvalue weighted by molar-refractivity contribution is 0.558.